The van der Waals surface area contributed by atoms with Crippen molar-refractivity contribution in [1.29, 1.82) is 0 Å². The molecule has 1 heterocycles. The number of halogens is 1. The average molecular weight is 336 g/mol. The predicted molar refractivity (Wildman–Crippen MR) is 85.3 cm³/mol. The normalized spacial score (nSPS) is 14.3. The van der Waals surface area contributed by atoms with Gasteiger partial charge in [0.2, 0.25) is 0 Å². The highest BCUT2D eigenvalue weighted by atomic mass is 35.5. The molecule has 23 heavy (non-hydrogen) atoms. The van der Waals surface area contributed by atoms with Crippen LogP contribution in [0.2, 0.25) is 5.02 Å². The first kappa shape index (κ1) is 17.3. The van der Waals surface area contributed by atoms with Crippen molar-refractivity contribution in [3.63, 3.8) is 0 Å². The highest BCUT2D eigenvalue weighted by Crippen LogP contribution is 2.26. The van der Waals surface area contributed by atoms with Gasteiger partial charge in [0.05, 0.1) is 0 Å². The van der Waals surface area contributed by atoms with Gasteiger partial charge in [0.25, 0.3) is 0 Å². The highest BCUT2D eigenvalue weighted by Gasteiger charge is 2.39. The Morgan fingerprint density at radius 2 is 1.83 bits per heavy atom. The fourth-order valence-corrected chi connectivity index (χ4v) is 2.20. The van der Waals surface area contributed by atoms with Crippen molar-refractivity contribution in [1.82, 2.24) is 14.8 Å². The van der Waals surface area contributed by atoms with Crippen LogP contribution >= 0.6 is 11.6 Å². The van der Waals surface area contributed by atoms with Gasteiger partial charge in [0.1, 0.15) is 18.8 Å². The number of aliphatic hydroxyl groups is 1. The molecule has 0 amide bonds. The lowest BCUT2D eigenvalue weighted by Crippen LogP contribution is -2.42. The van der Waals surface area contributed by atoms with E-state index in [1.165, 1.54) is 24.8 Å². The number of ketones is 2. The van der Waals surface area contributed by atoms with Crippen LogP contribution in [0.1, 0.15) is 37.2 Å². The molecule has 0 spiro atoms. The van der Waals surface area contributed by atoms with Crippen LogP contribution in [0.5, 0.6) is 0 Å². The summed E-state index contributed by atoms with van der Waals surface area (Å²) in [7, 11) is 0. The monoisotopic (exact) mass is 335 g/mol. The molecule has 2 aromatic rings. The van der Waals surface area contributed by atoms with E-state index in [0.29, 0.717) is 10.6 Å². The van der Waals surface area contributed by atoms with Gasteiger partial charge in [-0.15, -0.1) is 0 Å². The summed E-state index contributed by atoms with van der Waals surface area (Å²) in [5.41, 5.74) is -0.389. The Bertz CT molecular complexity index is 690. The summed E-state index contributed by atoms with van der Waals surface area (Å²) in [5, 5.41) is 14.7. The number of hydrogen-bond donors (Lipinski definition) is 1. The van der Waals surface area contributed by atoms with Crippen molar-refractivity contribution < 1.29 is 14.7 Å². The van der Waals surface area contributed by atoms with Gasteiger partial charge in [-0.1, -0.05) is 32.4 Å². The van der Waals surface area contributed by atoms with Gasteiger partial charge in [0, 0.05) is 10.6 Å². The molecular weight excluding hydrogens is 318 g/mol. The van der Waals surface area contributed by atoms with Gasteiger partial charge in [-0.05, 0) is 29.7 Å². The van der Waals surface area contributed by atoms with E-state index in [0.717, 1.165) is 4.68 Å². The number of rotatable bonds is 5. The standard InChI is InChI=1S/C16H18ClN3O3/c1-16(2,3)15(23)14(22)12(20-9-18-8-19-20)13(21)10-4-6-11(17)7-5-10/h4-9,12,15,23H,1-3H3. The number of aliphatic hydroxyl groups excluding tert-OH is 1. The maximum Gasteiger partial charge on any atom is 0.195 e. The van der Waals surface area contributed by atoms with Crippen molar-refractivity contribution >= 4 is 23.2 Å². The summed E-state index contributed by atoms with van der Waals surface area (Å²) >= 11 is 5.82. The van der Waals surface area contributed by atoms with E-state index in [1.54, 1.807) is 32.9 Å². The van der Waals surface area contributed by atoms with Crippen molar-refractivity contribution in [3.8, 4) is 0 Å². The van der Waals surface area contributed by atoms with Crippen LogP contribution in [0.15, 0.2) is 36.9 Å². The lowest BCUT2D eigenvalue weighted by molar-refractivity contribution is -0.134. The summed E-state index contributed by atoms with van der Waals surface area (Å²) in [4.78, 5) is 29.2. The Kier molecular flexibility index (Phi) is 4.97. The SMILES string of the molecule is CC(C)(C)C(O)C(=O)C(C(=O)c1ccc(Cl)cc1)n1cncn1. The molecule has 2 rings (SSSR count). The van der Waals surface area contributed by atoms with E-state index in [4.69, 9.17) is 11.6 Å². The minimum Gasteiger partial charge on any atom is -0.385 e. The number of Topliss-reactive ketones (excluding diaryl/α,β-unsaturated/α-hetero) is 2. The van der Waals surface area contributed by atoms with E-state index >= 15 is 0 Å². The molecule has 0 fully saturated rings. The third-order valence-corrected chi connectivity index (χ3v) is 3.69. The number of benzene rings is 1. The molecule has 7 heteroatoms. The third kappa shape index (κ3) is 3.83. The van der Waals surface area contributed by atoms with Gasteiger partial charge in [-0.2, -0.15) is 5.10 Å². The van der Waals surface area contributed by atoms with E-state index in [-0.39, 0.29) is 0 Å². The van der Waals surface area contributed by atoms with Crippen molar-refractivity contribution in [2.24, 2.45) is 5.41 Å². The van der Waals surface area contributed by atoms with Crippen molar-refractivity contribution in [2.45, 2.75) is 32.9 Å². The largest absolute Gasteiger partial charge is 0.385 e. The number of nitrogens with zero attached hydrogens (tertiary/aromatic N) is 3. The molecule has 0 saturated heterocycles. The second-order valence-corrected chi connectivity index (χ2v) is 6.76. The molecule has 0 saturated carbocycles. The molecule has 0 aliphatic carbocycles. The summed E-state index contributed by atoms with van der Waals surface area (Å²) in [6, 6.07) is 4.93. The molecule has 1 aromatic heterocycles. The third-order valence-electron chi connectivity index (χ3n) is 3.44. The summed E-state index contributed by atoms with van der Waals surface area (Å²) in [6.07, 6.45) is 1.21. The van der Waals surface area contributed by atoms with Gasteiger partial charge < -0.3 is 5.11 Å². The Morgan fingerprint density at radius 1 is 1.22 bits per heavy atom. The van der Waals surface area contributed by atoms with Gasteiger partial charge in [0.15, 0.2) is 17.6 Å². The Labute approximate surface area is 139 Å². The molecule has 0 radical (unpaired) electrons. The Hall–Kier alpha value is -2.05. The summed E-state index contributed by atoms with van der Waals surface area (Å²) in [6.45, 7) is 5.17. The fourth-order valence-electron chi connectivity index (χ4n) is 2.08. The Morgan fingerprint density at radius 3 is 2.30 bits per heavy atom. The maximum absolute atomic E-state index is 12.8. The molecule has 6 nitrogen and oxygen atoms in total. The van der Waals surface area contributed by atoms with Crippen LogP contribution < -0.4 is 0 Å². The maximum atomic E-state index is 12.8. The molecule has 122 valence electrons. The highest BCUT2D eigenvalue weighted by molar-refractivity contribution is 6.30. The van der Waals surface area contributed by atoms with Crippen molar-refractivity contribution in [2.75, 3.05) is 0 Å². The van der Waals surface area contributed by atoms with Gasteiger partial charge in [-0.25, -0.2) is 9.67 Å². The molecule has 0 bridgehead atoms. The second kappa shape index (κ2) is 6.60. The molecule has 1 aromatic carbocycles. The van der Waals surface area contributed by atoms with Crippen molar-refractivity contribution in [3.05, 3.63) is 47.5 Å². The molecule has 0 aliphatic rings. The van der Waals surface area contributed by atoms with E-state index < -0.39 is 29.1 Å². The van der Waals surface area contributed by atoms with Gasteiger partial charge >= 0.3 is 0 Å². The minimum atomic E-state index is -1.31. The number of aromatic nitrogens is 3. The minimum absolute atomic E-state index is 0.310. The number of hydrogen-bond acceptors (Lipinski definition) is 5. The first-order chi connectivity index (χ1) is 10.7. The quantitative estimate of drug-likeness (QED) is 0.669. The first-order valence-electron chi connectivity index (χ1n) is 7.07. The summed E-state index contributed by atoms with van der Waals surface area (Å²) in [5.74, 6) is -1.09. The van der Waals surface area contributed by atoms with Gasteiger partial charge in [-0.3, -0.25) is 9.59 Å². The zero-order chi connectivity index (χ0) is 17.2. The molecule has 2 atom stereocenters. The zero-order valence-corrected chi connectivity index (χ0v) is 13.9. The average Bonchev–Trinajstić information content (AvgIpc) is 3.00. The topological polar surface area (TPSA) is 85.1 Å². The van der Waals surface area contributed by atoms with Crippen LogP contribution in [0.25, 0.3) is 0 Å². The van der Waals surface area contributed by atoms with Crippen LogP contribution in [0.4, 0.5) is 0 Å². The lowest BCUT2D eigenvalue weighted by atomic mass is 9.83. The zero-order valence-electron chi connectivity index (χ0n) is 13.1. The van der Waals surface area contributed by atoms with E-state index in [2.05, 4.69) is 10.1 Å². The molecule has 1 N–H and O–H groups in total. The smallest absolute Gasteiger partial charge is 0.195 e. The molecular formula is C16H18ClN3O3. The second-order valence-electron chi connectivity index (χ2n) is 6.32. The predicted octanol–water partition coefficient (Wildman–Crippen LogP) is 2.33. The summed E-state index contributed by atoms with van der Waals surface area (Å²) < 4.78 is 1.16. The first-order valence-corrected chi connectivity index (χ1v) is 7.45. The van der Waals surface area contributed by atoms with Crippen LogP contribution in [0.3, 0.4) is 0 Å². The van der Waals surface area contributed by atoms with Crippen LogP contribution in [0, 0.1) is 5.41 Å². The molecule has 0 aliphatic heterocycles. The van der Waals surface area contributed by atoms with Crippen LogP contribution in [-0.2, 0) is 4.79 Å². The lowest BCUT2D eigenvalue weighted by Gasteiger charge is -2.27. The molecule has 2 unspecified atom stereocenters. The number of carbonyl (C=O) groups excluding carboxylic acids is 2. The van der Waals surface area contributed by atoms with Crippen LogP contribution in [-0.4, -0.2) is 37.5 Å². The van der Waals surface area contributed by atoms with E-state index in [1.807, 2.05) is 0 Å². The number of carbonyl (C=O) groups is 2. The Balaban J connectivity index is 2.41. The van der Waals surface area contributed by atoms with E-state index in [9.17, 15) is 14.7 Å². The fraction of sp³-hybridized carbons (Fsp3) is 0.375.